The average Bonchev–Trinajstić information content (AvgIpc) is 2.25. The normalized spacial score (nSPS) is 12.9. The SMILES string of the molecule is CCC(Nc1cnn(C)c(=O)c1Br)C(C)C. The van der Waals surface area contributed by atoms with Crippen LogP contribution < -0.4 is 10.9 Å². The highest BCUT2D eigenvalue weighted by molar-refractivity contribution is 9.10. The molecule has 1 aromatic heterocycles. The molecule has 0 aliphatic carbocycles. The van der Waals surface area contributed by atoms with E-state index in [2.05, 4.69) is 47.1 Å². The van der Waals surface area contributed by atoms with Crippen LogP contribution in [0.3, 0.4) is 0 Å². The van der Waals surface area contributed by atoms with Crippen molar-refractivity contribution in [2.75, 3.05) is 5.32 Å². The summed E-state index contributed by atoms with van der Waals surface area (Å²) in [5.74, 6) is 0.515. The van der Waals surface area contributed by atoms with Gasteiger partial charge in [-0.2, -0.15) is 5.10 Å². The molecular formula is C11H18BrN3O. The molecule has 1 heterocycles. The molecule has 90 valence electrons. The highest BCUT2D eigenvalue weighted by Crippen LogP contribution is 2.20. The molecule has 0 amide bonds. The third kappa shape index (κ3) is 2.84. The molecule has 0 aliphatic rings. The predicted octanol–water partition coefficient (Wildman–Crippen LogP) is 2.39. The monoisotopic (exact) mass is 287 g/mol. The van der Waals surface area contributed by atoms with Crippen molar-refractivity contribution >= 4 is 21.6 Å². The molecule has 16 heavy (non-hydrogen) atoms. The Morgan fingerprint density at radius 1 is 1.56 bits per heavy atom. The lowest BCUT2D eigenvalue weighted by molar-refractivity contribution is 0.510. The number of hydrogen-bond donors (Lipinski definition) is 1. The van der Waals surface area contributed by atoms with Gasteiger partial charge in [0.05, 0.1) is 11.9 Å². The minimum Gasteiger partial charge on any atom is -0.380 e. The van der Waals surface area contributed by atoms with Gasteiger partial charge in [0, 0.05) is 13.1 Å². The maximum atomic E-state index is 11.6. The molecule has 0 spiro atoms. The van der Waals surface area contributed by atoms with E-state index in [1.165, 1.54) is 4.68 Å². The summed E-state index contributed by atoms with van der Waals surface area (Å²) >= 11 is 3.30. The zero-order chi connectivity index (χ0) is 12.3. The second kappa shape index (κ2) is 5.48. The predicted molar refractivity (Wildman–Crippen MR) is 69.7 cm³/mol. The van der Waals surface area contributed by atoms with Crippen LogP contribution in [-0.2, 0) is 7.05 Å². The van der Waals surface area contributed by atoms with E-state index < -0.39 is 0 Å². The van der Waals surface area contributed by atoms with E-state index in [-0.39, 0.29) is 5.56 Å². The van der Waals surface area contributed by atoms with Crippen LogP contribution in [0.25, 0.3) is 0 Å². The Labute approximate surface area is 104 Å². The Morgan fingerprint density at radius 3 is 2.69 bits per heavy atom. The van der Waals surface area contributed by atoms with Gasteiger partial charge < -0.3 is 5.32 Å². The Hall–Kier alpha value is -0.840. The standard InChI is InChI=1S/C11H18BrN3O/c1-5-8(7(2)3)14-9-6-13-15(4)11(16)10(9)12/h6-8,14H,5H2,1-4H3. The summed E-state index contributed by atoms with van der Waals surface area (Å²) in [5.41, 5.74) is 0.646. The average molecular weight is 288 g/mol. The van der Waals surface area contributed by atoms with Crippen LogP contribution in [0.5, 0.6) is 0 Å². The molecule has 0 aromatic carbocycles. The van der Waals surface area contributed by atoms with Crippen LogP contribution in [0.1, 0.15) is 27.2 Å². The Morgan fingerprint density at radius 2 is 2.19 bits per heavy atom. The van der Waals surface area contributed by atoms with Crippen LogP contribution in [0.4, 0.5) is 5.69 Å². The Kier molecular flexibility index (Phi) is 4.53. The van der Waals surface area contributed by atoms with Crippen molar-refractivity contribution < 1.29 is 0 Å². The molecule has 0 bridgehead atoms. The van der Waals surface area contributed by atoms with Gasteiger partial charge in [-0.15, -0.1) is 0 Å². The first kappa shape index (κ1) is 13.2. The number of hydrogen-bond acceptors (Lipinski definition) is 3. The molecule has 0 radical (unpaired) electrons. The molecular weight excluding hydrogens is 270 g/mol. The molecule has 0 aliphatic heterocycles. The number of halogens is 1. The summed E-state index contributed by atoms with van der Waals surface area (Å²) in [6.07, 6.45) is 2.69. The van der Waals surface area contributed by atoms with Crippen LogP contribution in [0.2, 0.25) is 0 Å². The first-order valence-electron chi connectivity index (χ1n) is 5.45. The largest absolute Gasteiger partial charge is 0.380 e. The van der Waals surface area contributed by atoms with Gasteiger partial charge in [0.15, 0.2) is 0 Å². The molecule has 1 unspecified atom stereocenters. The van der Waals surface area contributed by atoms with Crippen molar-refractivity contribution in [2.24, 2.45) is 13.0 Å². The zero-order valence-electron chi connectivity index (χ0n) is 10.1. The summed E-state index contributed by atoms with van der Waals surface area (Å²) < 4.78 is 1.86. The topological polar surface area (TPSA) is 46.9 Å². The van der Waals surface area contributed by atoms with Crippen molar-refractivity contribution in [3.05, 3.63) is 21.0 Å². The summed E-state index contributed by atoms with van der Waals surface area (Å²) in [7, 11) is 1.64. The van der Waals surface area contributed by atoms with Crippen molar-refractivity contribution in [1.82, 2.24) is 9.78 Å². The third-order valence-electron chi connectivity index (χ3n) is 2.66. The summed E-state index contributed by atoms with van der Waals surface area (Å²) in [6, 6.07) is 0.352. The fourth-order valence-electron chi connectivity index (χ4n) is 1.55. The first-order chi connectivity index (χ1) is 7.47. The van der Waals surface area contributed by atoms with Gasteiger partial charge in [0.1, 0.15) is 4.47 Å². The van der Waals surface area contributed by atoms with E-state index >= 15 is 0 Å². The maximum absolute atomic E-state index is 11.6. The maximum Gasteiger partial charge on any atom is 0.282 e. The summed E-state index contributed by atoms with van der Waals surface area (Å²) in [5, 5.41) is 7.34. The zero-order valence-corrected chi connectivity index (χ0v) is 11.7. The smallest absolute Gasteiger partial charge is 0.282 e. The number of nitrogens with zero attached hydrogens (tertiary/aromatic N) is 2. The highest BCUT2D eigenvalue weighted by Gasteiger charge is 2.14. The number of aromatic nitrogens is 2. The van der Waals surface area contributed by atoms with Gasteiger partial charge >= 0.3 is 0 Å². The van der Waals surface area contributed by atoms with Crippen molar-refractivity contribution in [3.63, 3.8) is 0 Å². The fraction of sp³-hybridized carbons (Fsp3) is 0.636. The quantitative estimate of drug-likeness (QED) is 0.925. The van der Waals surface area contributed by atoms with Gasteiger partial charge in [-0.1, -0.05) is 20.8 Å². The molecule has 4 nitrogen and oxygen atoms in total. The van der Waals surface area contributed by atoms with Crippen molar-refractivity contribution in [2.45, 2.75) is 33.2 Å². The first-order valence-corrected chi connectivity index (χ1v) is 6.25. The van der Waals surface area contributed by atoms with Gasteiger partial charge in [-0.25, -0.2) is 4.68 Å². The van der Waals surface area contributed by atoms with Gasteiger partial charge in [0.2, 0.25) is 0 Å². The summed E-state index contributed by atoms with van der Waals surface area (Å²) in [4.78, 5) is 11.6. The van der Waals surface area contributed by atoms with E-state index in [0.717, 1.165) is 12.1 Å². The van der Waals surface area contributed by atoms with Crippen LogP contribution in [0.15, 0.2) is 15.5 Å². The van der Waals surface area contributed by atoms with Crippen molar-refractivity contribution in [3.8, 4) is 0 Å². The van der Waals surface area contributed by atoms with E-state index in [4.69, 9.17) is 0 Å². The van der Waals surface area contributed by atoms with Gasteiger partial charge in [0.25, 0.3) is 5.56 Å². The Bertz CT molecular complexity index is 414. The number of rotatable bonds is 4. The van der Waals surface area contributed by atoms with Gasteiger partial charge in [-0.05, 0) is 28.3 Å². The molecule has 0 saturated heterocycles. The van der Waals surface area contributed by atoms with Gasteiger partial charge in [-0.3, -0.25) is 4.79 Å². The molecule has 1 aromatic rings. The fourth-order valence-corrected chi connectivity index (χ4v) is 2.02. The minimum absolute atomic E-state index is 0.122. The van der Waals surface area contributed by atoms with E-state index in [1.54, 1.807) is 13.2 Å². The number of nitrogens with one attached hydrogen (secondary N) is 1. The molecule has 1 rings (SSSR count). The summed E-state index contributed by atoms with van der Waals surface area (Å²) in [6.45, 7) is 6.44. The van der Waals surface area contributed by atoms with E-state index in [0.29, 0.717) is 16.4 Å². The molecule has 0 saturated carbocycles. The lowest BCUT2D eigenvalue weighted by Gasteiger charge is -2.22. The molecule has 5 heteroatoms. The van der Waals surface area contributed by atoms with E-state index in [9.17, 15) is 4.79 Å². The van der Waals surface area contributed by atoms with E-state index in [1.807, 2.05) is 0 Å². The molecule has 1 N–H and O–H groups in total. The second-order valence-corrected chi connectivity index (χ2v) is 5.00. The lowest BCUT2D eigenvalue weighted by atomic mass is 10.0. The van der Waals surface area contributed by atoms with Crippen LogP contribution in [0, 0.1) is 5.92 Å². The number of anilines is 1. The molecule has 1 atom stereocenters. The third-order valence-corrected chi connectivity index (χ3v) is 3.43. The van der Waals surface area contributed by atoms with Crippen LogP contribution >= 0.6 is 15.9 Å². The van der Waals surface area contributed by atoms with Crippen LogP contribution in [-0.4, -0.2) is 15.8 Å². The lowest BCUT2D eigenvalue weighted by Crippen LogP contribution is -2.28. The minimum atomic E-state index is -0.122. The Balaban J connectivity index is 2.98. The molecule has 0 fully saturated rings. The highest BCUT2D eigenvalue weighted by atomic mass is 79.9. The van der Waals surface area contributed by atoms with Crippen molar-refractivity contribution in [1.29, 1.82) is 0 Å². The second-order valence-electron chi connectivity index (χ2n) is 4.20. The number of aryl methyl sites for hydroxylation is 1.